The zero-order valence-electron chi connectivity index (χ0n) is 11.7. The molecule has 20 heavy (non-hydrogen) atoms. The Morgan fingerprint density at radius 3 is 2.80 bits per heavy atom. The molecule has 0 aromatic heterocycles. The van der Waals surface area contributed by atoms with Crippen LogP contribution in [0.3, 0.4) is 0 Å². The largest absolute Gasteiger partial charge is 0.385 e. The third-order valence-electron chi connectivity index (χ3n) is 3.52. The number of carbonyl (C=O) groups excluding carboxylic acids is 1. The van der Waals surface area contributed by atoms with Crippen molar-refractivity contribution in [2.24, 2.45) is 5.73 Å². The molecule has 0 heterocycles. The van der Waals surface area contributed by atoms with Crippen molar-refractivity contribution in [2.45, 2.75) is 37.9 Å². The highest BCUT2D eigenvalue weighted by Gasteiger charge is 2.34. The first-order chi connectivity index (χ1) is 9.63. The maximum Gasteiger partial charge on any atom is 0.240 e. The number of hydrogen-bond acceptors (Lipinski definition) is 3. The van der Waals surface area contributed by atoms with Gasteiger partial charge in [0.2, 0.25) is 5.91 Å². The molecular weight excluding hydrogens is 320 g/mol. The number of rotatable bonds is 7. The lowest BCUT2D eigenvalue weighted by Gasteiger charge is -2.26. The molecule has 1 aromatic carbocycles. The Labute approximate surface area is 128 Å². The van der Waals surface area contributed by atoms with E-state index in [1.807, 2.05) is 29.2 Å². The second-order valence-corrected chi connectivity index (χ2v) is 6.03. The molecule has 0 saturated heterocycles. The van der Waals surface area contributed by atoms with Crippen LogP contribution in [-0.2, 0) is 16.1 Å². The van der Waals surface area contributed by atoms with Gasteiger partial charge in [0, 0.05) is 30.8 Å². The van der Waals surface area contributed by atoms with Crippen molar-refractivity contribution in [1.29, 1.82) is 0 Å². The SMILES string of the molecule is COCCC(N)C(=O)N(Cc1ccccc1Br)C1CC1. The van der Waals surface area contributed by atoms with Gasteiger partial charge >= 0.3 is 0 Å². The Morgan fingerprint density at radius 2 is 2.20 bits per heavy atom. The summed E-state index contributed by atoms with van der Waals surface area (Å²) in [6, 6.07) is 7.87. The van der Waals surface area contributed by atoms with E-state index in [1.165, 1.54) is 0 Å². The Hall–Kier alpha value is -0.910. The first-order valence-corrected chi connectivity index (χ1v) is 7.71. The number of nitrogens with zero attached hydrogens (tertiary/aromatic N) is 1. The van der Waals surface area contributed by atoms with Crippen molar-refractivity contribution in [3.63, 3.8) is 0 Å². The Morgan fingerprint density at radius 1 is 1.50 bits per heavy atom. The summed E-state index contributed by atoms with van der Waals surface area (Å²) in [5.74, 6) is 0.0281. The molecule has 110 valence electrons. The standard InChI is InChI=1S/C15H21BrN2O2/c1-20-9-8-14(17)15(19)18(12-6-7-12)10-11-4-2-3-5-13(11)16/h2-5,12,14H,6-10,17H2,1H3. The topological polar surface area (TPSA) is 55.6 Å². The van der Waals surface area contributed by atoms with E-state index in [9.17, 15) is 4.79 Å². The Bertz CT molecular complexity index is 463. The molecule has 1 aliphatic carbocycles. The van der Waals surface area contributed by atoms with Crippen molar-refractivity contribution in [1.82, 2.24) is 4.90 Å². The number of ether oxygens (including phenoxy) is 1. The third-order valence-corrected chi connectivity index (χ3v) is 4.29. The van der Waals surface area contributed by atoms with E-state index in [4.69, 9.17) is 10.5 Å². The van der Waals surface area contributed by atoms with Crippen LogP contribution in [0.1, 0.15) is 24.8 Å². The number of carbonyl (C=O) groups is 1. The first-order valence-electron chi connectivity index (χ1n) is 6.92. The summed E-state index contributed by atoms with van der Waals surface area (Å²) in [4.78, 5) is 14.4. The highest BCUT2D eigenvalue weighted by Crippen LogP contribution is 2.30. The van der Waals surface area contributed by atoms with Crippen LogP contribution in [0.15, 0.2) is 28.7 Å². The van der Waals surface area contributed by atoms with Crippen LogP contribution in [0.5, 0.6) is 0 Å². The molecule has 0 spiro atoms. The van der Waals surface area contributed by atoms with Crippen LogP contribution in [0, 0.1) is 0 Å². The fourth-order valence-electron chi connectivity index (χ4n) is 2.16. The zero-order chi connectivity index (χ0) is 14.5. The van der Waals surface area contributed by atoms with Gasteiger partial charge < -0.3 is 15.4 Å². The van der Waals surface area contributed by atoms with E-state index in [0.29, 0.717) is 25.6 Å². The van der Waals surface area contributed by atoms with Crippen LogP contribution in [0.25, 0.3) is 0 Å². The number of amides is 1. The molecule has 0 bridgehead atoms. The molecule has 1 unspecified atom stereocenters. The fourth-order valence-corrected chi connectivity index (χ4v) is 2.57. The first kappa shape index (κ1) is 15.5. The molecule has 1 fully saturated rings. The van der Waals surface area contributed by atoms with Crippen LogP contribution in [0.2, 0.25) is 0 Å². The summed E-state index contributed by atoms with van der Waals surface area (Å²) in [5, 5.41) is 0. The number of halogens is 1. The predicted molar refractivity (Wildman–Crippen MR) is 82.2 cm³/mol. The van der Waals surface area contributed by atoms with Crippen LogP contribution in [-0.4, -0.2) is 36.6 Å². The van der Waals surface area contributed by atoms with Gasteiger partial charge in [0.15, 0.2) is 0 Å². The highest BCUT2D eigenvalue weighted by atomic mass is 79.9. The summed E-state index contributed by atoms with van der Waals surface area (Å²) in [5.41, 5.74) is 7.10. The van der Waals surface area contributed by atoms with E-state index >= 15 is 0 Å². The lowest BCUT2D eigenvalue weighted by atomic mass is 10.1. The lowest BCUT2D eigenvalue weighted by Crippen LogP contribution is -2.45. The van der Waals surface area contributed by atoms with Crippen LogP contribution in [0.4, 0.5) is 0 Å². The van der Waals surface area contributed by atoms with Gasteiger partial charge in [0.25, 0.3) is 0 Å². The normalized spacial score (nSPS) is 15.9. The fraction of sp³-hybridized carbons (Fsp3) is 0.533. The number of benzene rings is 1. The molecule has 2 rings (SSSR count). The smallest absolute Gasteiger partial charge is 0.240 e. The van der Waals surface area contributed by atoms with Crippen molar-refractivity contribution < 1.29 is 9.53 Å². The maximum absolute atomic E-state index is 12.5. The Balaban J connectivity index is 2.04. The molecular formula is C15H21BrN2O2. The van der Waals surface area contributed by atoms with Gasteiger partial charge in [-0.15, -0.1) is 0 Å². The van der Waals surface area contributed by atoms with Crippen molar-refractivity contribution in [2.75, 3.05) is 13.7 Å². The van der Waals surface area contributed by atoms with Gasteiger partial charge in [-0.2, -0.15) is 0 Å². The van der Waals surface area contributed by atoms with E-state index in [-0.39, 0.29) is 5.91 Å². The maximum atomic E-state index is 12.5. The number of hydrogen-bond donors (Lipinski definition) is 1. The Kier molecular flexibility index (Phi) is 5.57. The average Bonchev–Trinajstić information content (AvgIpc) is 3.27. The van der Waals surface area contributed by atoms with Gasteiger partial charge in [-0.3, -0.25) is 4.79 Å². The average molecular weight is 341 g/mol. The summed E-state index contributed by atoms with van der Waals surface area (Å²) in [7, 11) is 1.62. The number of methoxy groups -OCH3 is 1. The highest BCUT2D eigenvalue weighted by molar-refractivity contribution is 9.10. The predicted octanol–water partition coefficient (Wildman–Crippen LogP) is 2.30. The van der Waals surface area contributed by atoms with Gasteiger partial charge in [0.05, 0.1) is 6.04 Å². The molecule has 0 aliphatic heterocycles. The minimum Gasteiger partial charge on any atom is -0.385 e. The van der Waals surface area contributed by atoms with Crippen molar-refractivity contribution >= 4 is 21.8 Å². The molecule has 1 saturated carbocycles. The lowest BCUT2D eigenvalue weighted by molar-refractivity contribution is -0.134. The second-order valence-electron chi connectivity index (χ2n) is 5.18. The minimum atomic E-state index is -0.474. The zero-order valence-corrected chi connectivity index (χ0v) is 13.3. The van der Waals surface area contributed by atoms with Crippen molar-refractivity contribution in [3.05, 3.63) is 34.3 Å². The quantitative estimate of drug-likeness (QED) is 0.828. The molecule has 2 N–H and O–H groups in total. The molecule has 5 heteroatoms. The van der Waals surface area contributed by atoms with Crippen LogP contribution < -0.4 is 5.73 Å². The van der Waals surface area contributed by atoms with Gasteiger partial charge in [0.1, 0.15) is 0 Å². The van der Waals surface area contributed by atoms with E-state index in [0.717, 1.165) is 22.9 Å². The molecule has 1 atom stereocenters. The summed E-state index contributed by atoms with van der Waals surface area (Å²) >= 11 is 3.53. The van der Waals surface area contributed by atoms with Crippen LogP contribution >= 0.6 is 15.9 Å². The van der Waals surface area contributed by atoms with Crippen molar-refractivity contribution in [3.8, 4) is 0 Å². The number of nitrogens with two attached hydrogens (primary N) is 1. The molecule has 1 aliphatic rings. The second kappa shape index (κ2) is 7.20. The molecule has 0 radical (unpaired) electrons. The third kappa shape index (κ3) is 4.04. The summed E-state index contributed by atoms with van der Waals surface area (Å²) in [6.45, 7) is 1.13. The summed E-state index contributed by atoms with van der Waals surface area (Å²) < 4.78 is 6.03. The monoisotopic (exact) mass is 340 g/mol. The molecule has 1 amide bonds. The molecule has 1 aromatic rings. The van der Waals surface area contributed by atoms with E-state index < -0.39 is 6.04 Å². The minimum absolute atomic E-state index is 0.0281. The molecule has 4 nitrogen and oxygen atoms in total. The van der Waals surface area contributed by atoms with Gasteiger partial charge in [-0.25, -0.2) is 0 Å². The van der Waals surface area contributed by atoms with Gasteiger partial charge in [-0.1, -0.05) is 34.1 Å². The summed E-state index contributed by atoms with van der Waals surface area (Å²) in [6.07, 6.45) is 2.72. The van der Waals surface area contributed by atoms with E-state index in [1.54, 1.807) is 7.11 Å². The van der Waals surface area contributed by atoms with E-state index in [2.05, 4.69) is 15.9 Å². The van der Waals surface area contributed by atoms with Gasteiger partial charge in [-0.05, 0) is 30.9 Å².